The summed E-state index contributed by atoms with van der Waals surface area (Å²) in [6.45, 7) is 2.30. The van der Waals surface area contributed by atoms with Gasteiger partial charge in [-0.25, -0.2) is 4.98 Å². The fourth-order valence-electron chi connectivity index (χ4n) is 5.27. The van der Waals surface area contributed by atoms with Crippen LogP contribution in [0.4, 0.5) is 10.2 Å². The summed E-state index contributed by atoms with van der Waals surface area (Å²) in [4.78, 5) is 21.6. The molecule has 1 saturated carbocycles. The van der Waals surface area contributed by atoms with Crippen molar-refractivity contribution in [2.45, 2.75) is 57.4 Å². The van der Waals surface area contributed by atoms with Crippen LogP contribution in [0, 0.1) is 28.6 Å². The predicted octanol–water partition coefficient (Wildman–Crippen LogP) is 3.51. The fraction of sp³-hybridized carbons (Fsp3) is 0.667. The Hall–Kier alpha value is -2.16. The van der Waals surface area contributed by atoms with Crippen molar-refractivity contribution in [3.8, 4) is 6.07 Å². The summed E-state index contributed by atoms with van der Waals surface area (Å²) in [7, 11) is 0. The lowest BCUT2D eigenvalue weighted by Crippen LogP contribution is -2.50. The highest BCUT2D eigenvalue weighted by atomic mass is 19.1. The van der Waals surface area contributed by atoms with E-state index in [1.807, 2.05) is 6.07 Å². The van der Waals surface area contributed by atoms with Crippen molar-refractivity contribution in [1.82, 2.24) is 9.88 Å². The molecule has 3 heterocycles. The molecule has 0 radical (unpaired) electrons. The Bertz CT molecular complexity index is 740. The Balaban J connectivity index is 1.44. The first-order chi connectivity index (χ1) is 13.1. The summed E-state index contributed by atoms with van der Waals surface area (Å²) >= 11 is 0. The molecule has 2 aliphatic heterocycles. The zero-order valence-corrected chi connectivity index (χ0v) is 15.7. The Morgan fingerprint density at radius 3 is 2.78 bits per heavy atom. The number of piperidine rings is 1. The first kappa shape index (κ1) is 18.2. The van der Waals surface area contributed by atoms with Gasteiger partial charge in [-0.3, -0.25) is 4.79 Å². The molecule has 0 unspecified atom stereocenters. The van der Waals surface area contributed by atoms with Gasteiger partial charge in [0.1, 0.15) is 5.82 Å². The van der Waals surface area contributed by atoms with Crippen LogP contribution in [0.15, 0.2) is 18.2 Å². The van der Waals surface area contributed by atoms with E-state index in [9.17, 15) is 9.18 Å². The molecule has 2 saturated heterocycles. The van der Waals surface area contributed by atoms with Gasteiger partial charge in [0, 0.05) is 32.1 Å². The maximum atomic E-state index is 13.5. The van der Waals surface area contributed by atoms with Crippen molar-refractivity contribution >= 4 is 11.7 Å². The third kappa shape index (κ3) is 3.52. The number of anilines is 1. The average molecular weight is 370 g/mol. The first-order valence-corrected chi connectivity index (χ1v) is 10.2. The van der Waals surface area contributed by atoms with Gasteiger partial charge in [0.15, 0.2) is 0 Å². The van der Waals surface area contributed by atoms with Gasteiger partial charge in [0.05, 0.1) is 11.5 Å². The summed E-state index contributed by atoms with van der Waals surface area (Å²) in [6.07, 6.45) is 7.51. The summed E-state index contributed by atoms with van der Waals surface area (Å²) < 4.78 is 13.5. The molecular formula is C21H27FN4O. The number of carbonyl (C=O) groups excluding carboxylic acids is 1. The van der Waals surface area contributed by atoms with E-state index in [0.717, 1.165) is 58.0 Å². The van der Waals surface area contributed by atoms with Gasteiger partial charge < -0.3 is 9.80 Å². The lowest BCUT2D eigenvalue weighted by molar-refractivity contribution is -0.139. The molecular weight excluding hydrogens is 343 g/mol. The molecule has 0 aromatic carbocycles. The minimum absolute atomic E-state index is 0.285. The van der Waals surface area contributed by atoms with Crippen LogP contribution >= 0.6 is 0 Å². The maximum Gasteiger partial charge on any atom is 0.230 e. The molecule has 144 valence electrons. The van der Waals surface area contributed by atoms with E-state index in [-0.39, 0.29) is 11.3 Å². The lowest BCUT2D eigenvalue weighted by Gasteiger charge is -2.41. The van der Waals surface area contributed by atoms with Crippen LogP contribution in [0.1, 0.15) is 51.4 Å². The molecule has 3 aliphatic rings. The van der Waals surface area contributed by atoms with Crippen molar-refractivity contribution in [1.29, 1.82) is 5.26 Å². The zero-order chi connectivity index (χ0) is 18.9. The average Bonchev–Trinajstić information content (AvgIpc) is 2.99. The molecule has 1 aromatic rings. The van der Waals surface area contributed by atoms with Crippen molar-refractivity contribution in [3.05, 3.63) is 24.1 Å². The topological polar surface area (TPSA) is 60.2 Å². The number of nitrogens with zero attached hydrogens (tertiary/aromatic N) is 4. The van der Waals surface area contributed by atoms with E-state index in [1.54, 1.807) is 6.07 Å². The van der Waals surface area contributed by atoms with Crippen molar-refractivity contribution < 1.29 is 9.18 Å². The number of hydrogen-bond donors (Lipinski definition) is 0. The van der Waals surface area contributed by atoms with Gasteiger partial charge in [-0.1, -0.05) is 6.07 Å². The molecule has 4 rings (SSSR count). The highest BCUT2D eigenvalue weighted by molar-refractivity contribution is 5.86. The highest BCUT2D eigenvalue weighted by Crippen LogP contribution is 2.43. The molecule has 1 spiro atoms. The van der Waals surface area contributed by atoms with Crippen molar-refractivity contribution in [2.75, 3.05) is 24.5 Å². The van der Waals surface area contributed by atoms with Gasteiger partial charge in [-0.2, -0.15) is 9.65 Å². The van der Waals surface area contributed by atoms with Gasteiger partial charge in [-0.05, 0) is 63.0 Å². The second-order valence-corrected chi connectivity index (χ2v) is 8.41. The third-order valence-corrected chi connectivity index (χ3v) is 6.78. The monoisotopic (exact) mass is 370 g/mol. The molecule has 1 aromatic heterocycles. The Morgan fingerprint density at radius 1 is 1.22 bits per heavy atom. The van der Waals surface area contributed by atoms with Gasteiger partial charge in [0.2, 0.25) is 11.9 Å². The van der Waals surface area contributed by atoms with E-state index in [4.69, 9.17) is 5.26 Å². The largest absolute Gasteiger partial charge is 0.355 e. The molecule has 1 amide bonds. The highest BCUT2D eigenvalue weighted by Gasteiger charge is 2.50. The minimum atomic E-state index is -0.472. The van der Waals surface area contributed by atoms with E-state index in [2.05, 4.69) is 20.9 Å². The quantitative estimate of drug-likeness (QED) is 0.764. The third-order valence-electron chi connectivity index (χ3n) is 6.78. The van der Waals surface area contributed by atoms with Crippen LogP contribution in [0.3, 0.4) is 0 Å². The predicted molar refractivity (Wildman–Crippen MR) is 100 cm³/mol. The number of nitriles is 1. The molecule has 1 atom stereocenters. The number of pyridine rings is 1. The van der Waals surface area contributed by atoms with Gasteiger partial charge in [0.25, 0.3) is 0 Å². The van der Waals surface area contributed by atoms with Crippen LogP contribution < -0.4 is 4.90 Å². The Labute approximate surface area is 160 Å². The lowest BCUT2D eigenvalue weighted by atomic mass is 9.78. The van der Waals surface area contributed by atoms with E-state index in [0.29, 0.717) is 30.7 Å². The number of likely N-dealkylation sites (tertiary alicyclic amines) is 1. The number of hydrogen-bond acceptors (Lipinski definition) is 4. The summed E-state index contributed by atoms with van der Waals surface area (Å²) in [5.41, 5.74) is -0.338. The van der Waals surface area contributed by atoms with Crippen molar-refractivity contribution in [3.63, 3.8) is 0 Å². The molecule has 5 nitrogen and oxygen atoms in total. The number of amides is 1. The van der Waals surface area contributed by atoms with Crippen LogP contribution in [-0.2, 0) is 4.79 Å². The second-order valence-electron chi connectivity index (χ2n) is 8.41. The van der Waals surface area contributed by atoms with Gasteiger partial charge in [-0.15, -0.1) is 0 Å². The number of halogens is 1. The Morgan fingerprint density at radius 2 is 2.04 bits per heavy atom. The number of aromatic nitrogens is 1. The molecule has 1 aliphatic carbocycles. The molecule has 27 heavy (non-hydrogen) atoms. The van der Waals surface area contributed by atoms with Crippen LogP contribution in [-0.4, -0.2) is 41.5 Å². The summed E-state index contributed by atoms with van der Waals surface area (Å²) in [6, 6.07) is 7.48. The molecule has 3 fully saturated rings. The molecule has 0 N–H and O–H groups in total. The minimum Gasteiger partial charge on any atom is -0.355 e. The number of rotatable bonds is 3. The van der Waals surface area contributed by atoms with E-state index < -0.39 is 5.95 Å². The normalized spacial score (nSPS) is 31.3. The number of carbonyl (C=O) groups is 1. The summed E-state index contributed by atoms with van der Waals surface area (Å²) in [5, 5.41) is 8.89. The van der Waals surface area contributed by atoms with Crippen molar-refractivity contribution in [2.24, 2.45) is 11.3 Å². The van der Waals surface area contributed by atoms with Crippen LogP contribution in [0.5, 0.6) is 0 Å². The fourth-order valence-corrected chi connectivity index (χ4v) is 5.27. The Kier molecular flexibility index (Phi) is 5.03. The maximum absolute atomic E-state index is 13.5. The van der Waals surface area contributed by atoms with E-state index in [1.165, 1.54) is 6.07 Å². The van der Waals surface area contributed by atoms with Crippen LogP contribution in [0.2, 0.25) is 0 Å². The standard InChI is InChI=1S/C21H27FN4O/c22-18-3-1-4-19(24-18)25-13-2-10-21(15-25)11-14-26(20(21)27)17-7-5-16(6-8-17)9-12-23/h1,3-4,16-17H,2,5-11,13-15H2/t16-,17-,21-/m1/s1. The van der Waals surface area contributed by atoms with Gasteiger partial charge >= 0.3 is 0 Å². The first-order valence-electron chi connectivity index (χ1n) is 10.2. The van der Waals surface area contributed by atoms with E-state index >= 15 is 0 Å². The molecule has 6 heteroatoms. The van der Waals surface area contributed by atoms with Crippen LogP contribution in [0.25, 0.3) is 0 Å². The molecule has 0 bridgehead atoms. The SMILES string of the molecule is N#CC[C@H]1CC[C@H](N2CC[C@@]3(CCCN(c4cccc(F)n4)C3)C2=O)CC1. The smallest absolute Gasteiger partial charge is 0.230 e. The second kappa shape index (κ2) is 7.46. The zero-order valence-electron chi connectivity index (χ0n) is 15.7. The summed E-state index contributed by atoms with van der Waals surface area (Å²) in [5.74, 6) is 0.951.